The molecule has 182 valence electrons. The summed E-state index contributed by atoms with van der Waals surface area (Å²) in [5.74, 6) is 2.63. The lowest BCUT2D eigenvalue weighted by atomic mass is 10.0. The van der Waals surface area contributed by atoms with Gasteiger partial charge in [0.25, 0.3) is 0 Å². The molecule has 0 spiro atoms. The molecule has 0 atom stereocenters. The van der Waals surface area contributed by atoms with Gasteiger partial charge in [0.05, 0.1) is 13.1 Å². The zero-order valence-electron chi connectivity index (χ0n) is 20.4. The molecule has 1 saturated heterocycles. The zero-order valence-corrected chi connectivity index (χ0v) is 22.7. The molecule has 1 aliphatic heterocycles. The summed E-state index contributed by atoms with van der Waals surface area (Å²) in [5.41, 5.74) is 3.92. The van der Waals surface area contributed by atoms with Gasteiger partial charge < -0.3 is 15.2 Å². The van der Waals surface area contributed by atoms with Crippen LogP contribution in [0.1, 0.15) is 41.2 Å². The van der Waals surface area contributed by atoms with E-state index in [1.54, 1.807) is 0 Å². The Morgan fingerprint density at radius 3 is 2.41 bits per heavy atom. The van der Waals surface area contributed by atoms with Crippen LogP contribution in [0.4, 0.5) is 0 Å². The molecular weight excluding hydrogens is 537 g/mol. The summed E-state index contributed by atoms with van der Waals surface area (Å²) in [6, 6.07) is 19.6. The van der Waals surface area contributed by atoms with Gasteiger partial charge in [0.15, 0.2) is 11.8 Å². The molecule has 0 aliphatic carbocycles. The van der Waals surface area contributed by atoms with E-state index in [1.165, 1.54) is 16.7 Å². The number of likely N-dealkylation sites (tertiary alicyclic amines) is 1. The molecule has 0 unspecified atom stereocenters. The number of nitrogens with zero attached hydrogens (tertiary/aromatic N) is 5. The second-order valence-corrected chi connectivity index (χ2v) is 8.91. The maximum absolute atomic E-state index is 4.86. The molecule has 0 bridgehead atoms. The van der Waals surface area contributed by atoms with Crippen molar-refractivity contribution in [2.45, 2.75) is 52.4 Å². The largest absolute Gasteiger partial charge is 0.354 e. The molecule has 7 nitrogen and oxygen atoms in total. The lowest BCUT2D eigenvalue weighted by Gasteiger charge is -2.33. The predicted octanol–water partition coefficient (Wildman–Crippen LogP) is 3.95. The minimum atomic E-state index is 0. The lowest BCUT2D eigenvalue weighted by Crippen LogP contribution is -2.48. The molecule has 0 radical (unpaired) electrons. The first-order valence-electron chi connectivity index (χ1n) is 11.8. The number of rotatable bonds is 7. The van der Waals surface area contributed by atoms with Crippen molar-refractivity contribution in [3.63, 3.8) is 0 Å². The minimum absolute atomic E-state index is 0. The molecule has 1 aromatic heterocycles. The SMILES string of the molecule is Cc1cccc(CN2CCC(NC(=NCc3ccccc3)NCc3nnc(C)n3C)CC2)c1.I. The molecule has 1 fully saturated rings. The van der Waals surface area contributed by atoms with Gasteiger partial charge in [-0.25, -0.2) is 4.99 Å². The third-order valence-electron chi connectivity index (χ3n) is 6.28. The van der Waals surface area contributed by atoms with Crippen molar-refractivity contribution in [1.29, 1.82) is 0 Å². The molecule has 0 amide bonds. The van der Waals surface area contributed by atoms with Crippen molar-refractivity contribution < 1.29 is 0 Å². The molecule has 2 aromatic carbocycles. The van der Waals surface area contributed by atoms with Gasteiger partial charge in [-0.05, 0) is 37.8 Å². The van der Waals surface area contributed by atoms with Gasteiger partial charge in [-0.2, -0.15) is 0 Å². The Labute approximate surface area is 220 Å². The van der Waals surface area contributed by atoms with Crippen molar-refractivity contribution in [2.75, 3.05) is 13.1 Å². The highest BCUT2D eigenvalue weighted by Gasteiger charge is 2.20. The Hall–Kier alpha value is -2.46. The third kappa shape index (κ3) is 7.53. The van der Waals surface area contributed by atoms with Crippen LogP contribution in [0.15, 0.2) is 59.6 Å². The summed E-state index contributed by atoms with van der Waals surface area (Å²) < 4.78 is 2.01. The van der Waals surface area contributed by atoms with E-state index in [2.05, 4.69) is 81.2 Å². The molecular formula is C26H36IN7. The number of benzene rings is 2. The number of hydrogen-bond donors (Lipinski definition) is 2. The highest BCUT2D eigenvalue weighted by Crippen LogP contribution is 2.15. The first-order chi connectivity index (χ1) is 16.1. The lowest BCUT2D eigenvalue weighted by molar-refractivity contribution is 0.198. The smallest absolute Gasteiger partial charge is 0.192 e. The number of aliphatic imine (C=N–C) groups is 1. The van der Waals surface area contributed by atoms with Gasteiger partial charge in [0, 0.05) is 32.7 Å². The van der Waals surface area contributed by atoms with E-state index in [0.29, 0.717) is 19.1 Å². The summed E-state index contributed by atoms with van der Waals surface area (Å²) in [6.07, 6.45) is 2.20. The molecule has 4 rings (SSSR count). The van der Waals surface area contributed by atoms with E-state index < -0.39 is 0 Å². The van der Waals surface area contributed by atoms with E-state index in [-0.39, 0.29) is 24.0 Å². The van der Waals surface area contributed by atoms with Crippen LogP contribution in [0.25, 0.3) is 0 Å². The van der Waals surface area contributed by atoms with Gasteiger partial charge in [-0.1, -0.05) is 60.2 Å². The van der Waals surface area contributed by atoms with Crippen molar-refractivity contribution in [3.8, 4) is 0 Å². The van der Waals surface area contributed by atoms with Crippen LogP contribution in [0.5, 0.6) is 0 Å². The standard InChI is InChI=1S/C26H35N7.HI/c1-20-8-7-11-23(16-20)19-33-14-12-24(13-15-33)29-26(27-17-22-9-5-4-6-10-22)28-18-25-31-30-21(2)32(25)3;/h4-11,16,24H,12-15,17-19H2,1-3H3,(H2,27,28,29);1H. The summed E-state index contributed by atoms with van der Waals surface area (Å²) in [5, 5.41) is 15.6. The van der Waals surface area contributed by atoms with Crippen molar-refractivity contribution in [3.05, 3.63) is 82.9 Å². The number of aromatic nitrogens is 3. The fourth-order valence-electron chi connectivity index (χ4n) is 4.17. The van der Waals surface area contributed by atoms with Crippen LogP contribution in [-0.4, -0.2) is 44.8 Å². The second-order valence-electron chi connectivity index (χ2n) is 8.91. The fraction of sp³-hybridized carbons (Fsp3) is 0.423. The van der Waals surface area contributed by atoms with Crippen LogP contribution >= 0.6 is 24.0 Å². The van der Waals surface area contributed by atoms with Gasteiger partial charge in [0.2, 0.25) is 0 Å². The minimum Gasteiger partial charge on any atom is -0.354 e. The number of halogens is 1. The molecule has 2 N–H and O–H groups in total. The van der Waals surface area contributed by atoms with E-state index in [9.17, 15) is 0 Å². The summed E-state index contributed by atoms with van der Waals surface area (Å²) in [6.45, 7) is 8.53. The van der Waals surface area contributed by atoms with Crippen molar-refractivity contribution in [1.82, 2.24) is 30.3 Å². The number of aryl methyl sites for hydroxylation is 2. The zero-order chi connectivity index (χ0) is 23.0. The Morgan fingerprint density at radius 2 is 1.74 bits per heavy atom. The van der Waals surface area contributed by atoms with Gasteiger partial charge in [-0.15, -0.1) is 34.2 Å². The number of hydrogen-bond acceptors (Lipinski definition) is 4. The molecule has 1 aliphatic rings. The molecule has 8 heteroatoms. The van der Waals surface area contributed by atoms with Crippen LogP contribution < -0.4 is 10.6 Å². The van der Waals surface area contributed by atoms with Crippen LogP contribution in [0.2, 0.25) is 0 Å². The predicted molar refractivity (Wildman–Crippen MR) is 148 cm³/mol. The monoisotopic (exact) mass is 573 g/mol. The Bertz CT molecular complexity index is 1060. The van der Waals surface area contributed by atoms with Crippen molar-refractivity contribution >= 4 is 29.9 Å². The quantitative estimate of drug-likeness (QED) is 0.255. The fourth-order valence-corrected chi connectivity index (χ4v) is 4.17. The summed E-state index contributed by atoms with van der Waals surface area (Å²) in [7, 11) is 1.99. The first kappa shape index (κ1) is 26.2. The van der Waals surface area contributed by atoms with E-state index >= 15 is 0 Å². The summed E-state index contributed by atoms with van der Waals surface area (Å²) >= 11 is 0. The van der Waals surface area contributed by atoms with E-state index in [1.807, 2.05) is 24.6 Å². The van der Waals surface area contributed by atoms with Gasteiger partial charge in [-0.3, -0.25) is 4.90 Å². The average molecular weight is 574 g/mol. The molecule has 34 heavy (non-hydrogen) atoms. The first-order valence-corrected chi connectivity index (χ1v) is 11.8. The summed E-state index contributed by atoms with van der Waals surface area (Å²) in [4.78, 5) is 7.40. The normalized spacial score (nSPS) is 15.1. The number of nitrogens with one attached hydrogen (secondary N) is 2. The van der Waals surface area contributed by atoms with E-state index in [0.717, 1.165) is 50.1 Å². The van der Waals surface area contributed by atoms with Gasteiger partial charge >= 0.3 is 0 Å². The molecule has 0 saturated carbocycles. The second kappa shape index (κ2) is 12.9. The van der Waals surface area contributed by atoms with Crippen LogP contribution in [0.3, 0.4) is 0 Å². The Kier molecular flexibility index (Phi) is 9.88. The molecule has 3 aromatic rings. The van der Waals surface area contributed by atoms with Gasteiger partial charge in [0.1, 0.15) is 5.82 Å². The Morgan fingerprint density at radius 1 is 1.00 bits per heavy atom. The number of guanidine groups is 1. The van der Waals surface area contributed by atoms with Crippen molar-refractivity contribution in [2.24, 2.45) is 12.0 Å². The Balaban J connectivity index is 0.00000324. The highest BCUT2D eigenvalue weighted by atomic mass is 127. The number of piperidine rings is 1. The third-order valence-corrected chi connectivity index (χ3v) is 6.28. The van der Waals surface area contributed by atoms with Crippen LogP contribution in [-0.2, 0) is 26.7 Å². The molecule has 2 heterocycles. The van der Waals surface area contributed by atoms with E-state index in [4.69, 9.17) is 4.99 Å². The van der Waals surface area contributed by atoms with Crippen LogP contribution in [0, 0.1) is 13.8 Å². The average Bonchev–Trinajstić information content (AvgIpc) is 3.15. The maximum Gasteiger partial charge on any atom is 0.192 e. The topological polar surface area (TPSA) is 70.4 Å². The maximum atomic E-state index is 4.86. The highest BCUT2D eigenvalue weighted by molar-refractivity contribution is 14.0.